The second kappa shape index (κ2) is 5.95. The highest BCUT2D eigenvalue weighted by atomic mass is 16.6. The lowest BCUT2D eigenvalue weighted by Crippen LogP contribution is -2.42. The summed E-state index contributed by atoms with van der Waals surface area (Å²) in [5.74, 6) is 0.0862. The number of nitrogens with two attached hydrogens (primary N) is 1. The van der Waals surface area contributed by atoms with Gasteiger partial charge in [0, 0.05) is 26.1 Å². The third kappa shape index (κ3) is 2.68. The van der Waals surface area contributed by atoms with Gasteiger partial charge in [0.05, 0.1) is 37.9 Å². The predicted octanol–water partition coefficient (Wildman–Crippen LogP) is -1.52. The smallest absolute Gasteiger partial charge is 0.225 e. The average molecular weight is 286 g/mol. The number of rotatable bonds is 3. The molecule has 3 rings (SSSR count). The van der Waals surface area contributed by atoms with Gasteiger partial charge in [0.1, 0.15) is 12.2 Å². The number of hydrogen-bond donors (Lipinski definition) is 2. The molecule has 7 nitrogen and oxygen atoms in total. The zero-order valence-electron chi connectivity index (χ0n) is 11.4. The molecular weight excluding hydrogens is 264 g/mol. The first-order valence-electron chi connectivity index (χ1n) is 7.23. The van der Waals surface area contributed by atoms with Gasteiger partial charge in [0.15, 0.2) is 0 Å². The minimum atomic E-state index is -0.687. The molecule has 0 radical (unpaired) electrons. The van der Waals surface area contributed by atoms with Crippen LogP contribution in [0.15, 0.2) is 0 Å². The number of carbonyl (C=O) groups excluding carboxylic acids is 1. The van der Waals surface area contributed by atoms with E-state index in [1.807, 2.05) is 0 Å². The van der Waals surface area contributed by atoms with Crippen LogP contribution in [0.2, 0.25) is 0 Å². The van der Waals surface area contributed by atoms with Gasteiger partial charge >= 0.3 is 0 Å². The second-order valence-electron chi connectivity index (χ2n) is 5.59. The number of hydrogen-bond acceptors (Lipinski definition) is 6. The minimum Gasteiger partial charge on any atom is -0.388 e. The van der Waals surface area contributed by atoms with Gasteiger partial charge in [-0.25, -0.2) is 0 Å². The lowest BCUT2D eigenvalue weighted by atomic mass is 10.1. The quantitative estimate of drug-likeness (QED) is 0.654. The summed E-state index contributed by atoms with van der Waals surface area (Å²) in [5.41, 5.74) is 5.53. The molecule has 0 aromatic rings. The molecule has 1 amide bonds. The van der Waals surface area contributed by atoms with E-state index in [9.17, 15) is 9.90 Å². The maximum atomic E-state index is 12.1. The van der Waals surface area contributed by atoms with Crippen LogP contribution < -0.4 is 5.73 Å². The van der Waals surface area contributed by atoms with E-state index in [4.69, 9.17) is 19.9 Å². The van der Waals surface area contributed by atoms with E-state index in [0.717, 1.165) is 0 Å². The molecule has 3 N–H and O–H groups in total. The van der Waals surface area contributed by atoms with Gasteiger partial charge in [-0.1, -0.05) is 0 Å². The van der Waals surface area contributed by atoms with Gasteiger partial charge in [-0.3, -0.25) is 4.79 Å². The molecule has 3 aliphatic rings. The highest BCUT2D eigenvalue weighted by Gasteiger charge is 2.50. The molecule has 0 aromatic carbocycles. The summed E-state index contributed by atoms with van der Waals surface area (Å²) < 4.78 is 16.7. The zero-order chi connectivity index (χ0) is 14.1. The maximum absolute atomic E-state index is 12.1. The normalized spacial score (nSPS) is 40.9. The molecule has 0 aromatic heterocycles. The van der Waals surface area contributed by atoms with Gasteiger partial charge < -0.3 is 30.0 Å². The van der Waals surface area contributed by atoms with Crippen LogP contribution >= 0.6 is 0 Å². The topological polar surface area (TPSA) is 94.3 Å². The maximum Gasteiger partial charge on any atom is 0.225 e. The fourth-order valence-corrected chi connectivity index (χ4v) is 3.17. The number of nitrogens with zero attached hydrogens (tertiary/aromatic N) is 1. The molecule has 5 atom stereocenters. The number of fused-ring (bicyclic) bond motifs is 1. The number of carbonyl (C=O) groups is 1. The third-order valence-corrected chi connectivity index (χ3v) is 4.28. The van der Waals surface area contributed by atoms with Gasteiger partial charge in [0.25, 0.3) is 0 Å². The molecule has 0 spiro atoms. The van der Waals surface area contributed by atoms with Gasteiger partial charge in [-0.05, 0) is 0 Å². The summed E-state index contributed by atoms with van der Waals surface area (Å²) in [7, 11) is 0. The Morgan fingerprint density at radius 1 is 1.30 bits per heavy atom. The van der Waals surface area contributed by atoms with Crippen LogP contribution in [0.3, 0.4) is 0 Å². The molecule has 3 aliphatic heterocycles. The van der Waals surface area contributed by atoms with E-state index >= 15 is 0 Å². The number of amides is 1. The van der Waals surface area contributed by atoms with Crippen molar-refractivity contribution in [2.45, 2.75) is 43.4 Å². The van der Waals surface area contributed by atoms with Crippen molar-refractivity contribution in [1.29, 1.82) is 0 Å². The van der Waals surface area contributed by atoms with Crippen LogP contribution in [0.25, 0.3) is 0 Å². The summed E-state index contributed by atoms with van der Waals surface area (Å²) in [6.45, 7) is 2.78. The largest absolute Gasteiger partial charge is 0.388 e. The lowest BCUT2D eigenvalue weighted by Gasteiger charge is -2.28. The van der Waals surface area contributed by atoms with E-state index in [0.29, 0.717) is 39.1 Å². The Morgan fingerprint density at radius 3 is 2.70 bits per heavy atom. The Labute approximate surface area is 117 Å². The molecule has 0 aliphatic carbocycles. The van der Waals surface area contributed by atoms with Crippen molar-refractivity contribution in [3.8, 4) is 0 Å². The zero-order valence-corrected chi connectivity index (χ0v) is 11.4. The highest BCUT2D eigenvalue weighted by molar-refractivity contribution is 5.76. The van der Waals surface area contributed by atoms with Crippen molar-refractivity contribution in [1.82, 2.24) is 4.90 Å². The van der Waals surface area contributed by atoms with Crippen LogP contribution in [0.4, 0.5) is 0 Å². The van der Waals surface area contributed by atoms with Gasteiger partial charge in [0.2, 0.25) is 5.91 Å². The SMILES string of the molecule is NCC1OC2CC(CC(=O)N3CCOCC3)OC2C1O. The molecular formula is C13H22N2O5. The van der Waals surface area contributed by atoms with Crippen molar-refractivity contribution in [2.24, 2.45) is 5.73 Å². The molecule has 20 heavy (non-hydrogen) atoms. The van der Waals surface area contributed by atoms with Crippen LogP contribution in [0.1, 0.15) is 12.8 Å². The summed E-state index contributed by atoms with van der Waals surface area (Å²) in [6.07, 6.45) is -0.694. The third-order valence-electron chi connectivity index (χ3n) is 4.28. The molecule has 5 unspecified atom stereocenters. The van der Waals surface area contributed by atoms with Crippen LogP contribution in [0, 0.1) is 0 Å². The lowest BCUT2D eigenvalue weighted by molar-refractivity contribution is -0.138. The molecule has 3 heterocycles. The number of aliphatic hydroxyl groups excluding tert-OH is 1. The van der Waals surface area contributed by atoms with Crippen LogP contribution in [-0.4, -0.2) is 79.3 Å². The van der Waals surface area contributed by atoms with Gasteiger partial charge in [-0.15, -0.1) is 0 Å². The van der Waals surface area contributed by atoms with Crippen molar-refractivity contribution >= 4 is 5.91 Å². The molecule has 3 saturated heterocycles. The number of morpholine rings is 1. The van der Waals surface area contributed by atoms with Crippen molar-refractivity contribution in [2.75, 3.05) is 32.8 Å². The summed E-state index contributed by atoms with van der Waals surface area (Å²) >= 11 is 0. The van der Waals surface area contributed by atoms with Crippen molar-refractivity contribution < 1.29 is 24.1 Å². The molecule has 0 saturated carbocycles. The average Bonchev–Trinajstić information content (AvgIpc) is 2.99. The summed E-state index contributed by atoms with van der Waals surface area (Å²) in [4.78, 5) is 13.9. The Kier molecular flexibility index (Phi) is 4.23. The summed E-state index contributed by atoms with van der Waals surface area (Å²) in [5, 5.41) is 10.0. The first-order chi connectivity index (χ1) is 9.69. The first-order valence-corrected chi connectivity index (χ1v) is 7.23. The van der Waals surface area contributed by atoms with Gasteiger partial charge in [-0.2, -0.15) is 0 Å². The second-order valence-corrected chi connectivity index (χ2v) is 5.59. The standard InChI is InChI=1S/C13H22N2O5/c14-7-10-12(17)13-9(20-10)5-8(19-13)6-11(16)15-1-3-18-4-2-15/h8-10,12-13,17H,1-7,14H2. The first kappa shape index (κ1) is 14.2. The Morgan fingerprint density at radius 2 is 2.05 bits per heavy atom. The Hall–Kier alpha value is -0.730. The molecule has 0 bridgehead atoms. The van der Waals surface area contributed by atoms with Crippen LogP contribution in [-0.2, 0) is 19.0 Å². The van der Waals surface area contributed by atoms with Crippen LogP contribution in [0.5, 0.6) is 0 Å². The fourth-order valence-electron chi connectivity index (χ4n) is 3.17. The molecule has 7 heteroatoms. The number of ether oxygens (including phenoxy) is 3. The molecule has 114 valence electrons. The van der Waals surface area contributed by atoms with Crippen molar-refractivity contribution in [3.05, 3.63) is 0 Å². The predicted molar refractivity (Wildman–Crippen MR) is 69.0 cm³/mol. The minimum absolute atomic E-state index is 0.0862. The molecule has 3 fully saturated rings. The van der Waals surface area contributed by atoms with Crippen molar-refractivity contribution in [3.63, 3.8) is 0 Å². The van der Waals surface area contributed by atoms with E-state index in [2.05, 4.69) is 0 Å². The van der Waals surface area contributed by atoms with E-state index < -0.39 is 6.10 Å². The Bertz CT molecular complexity index is 361. The monoisotopic (exact) mass is 286 g/mol. The van der Waals surface area contributed by atoms with E-state index in [1.54, 1.807) is 4.90 Å². The van der Waals surface area contributed by atoms with E-state index in [1.165, 1.54) is 0 Å². The summed E-state index contributed by atoms with van der Waals surface area (Å²) in [6, 6.07) is 0. The van der Waals surface area contributed by atoms with E-state index in [-0.39, 0.29) is 36.9 Å². The fraction of sp³-hybridized carbons (Fsp3) is 0.923. The number of aliphatic hydroxyl groups is 1. The Balaban J connectivity index is 1.50. The highest BCUT2D eigenvalue weighted by Crippen LogP contribution is 2.35.